The molecule has 2 saturated heterocycles. The Morgan fingerprint density at radius 3 is 1.54 bits per heavy atom. The lowest BCUT2D eigenvalue weighted by atomic mass is 9.96. The van der Waals surface area contributed by atoms with Gasteiger partial charge in [-0.25, -0.2) is 0 Å². The van der Waals surface area contributed by atoms with Crippen molar-refractivity contribution in [2.24, 2.45) is 0 Å². The van der Waals surface area contributed by atoms with Gasteiger partial charge in [-0.2, -0.15) is 0 Å². The summed E-state index contributed by atoms with van der Waals surface area (Å²) in [7, 11) is 1.59. The highest BCUT2D eigenvalue weighted by molar-refractivity contribution is 14.1. The van der Waals surface area contributed by atoms with Crippen LogP contribution in [-0.4, -0.2) is 73.6 Å². The molecule has 2 aliphatic heterocycles. The Balaban J connectivity index is 1.27. The highest BCUT2D eigenvalue weighted by Gasteiger charge is 2.52. The van der Waals surface area contributed by atoms with Crippen LogP contribution in [0, 0.1) is 3.57 Å². The Hall–Kier alpha value is -2.91. The van der Waals surface area contributed by atoms with Gasteiger partial charge in [0.05, 0.1) is 32.0 Å². The van der Waals surface area contributed by atoms with Crippen molar-refractivity contribution < 1.29 is 43.0 Å². The van der Waals surface area contributed by atoms with Gasteiger partial charge in [0, 0.05) is 10.7 Å². The summed E-state index contributed by atoms with van der Waals surface area (Å²) in [5.41, 5.74) is 2.94. The van der Waals surface area contributed by atoms with Gasteiger partial charge in [0.15, 0.2) is 6.29 Å². The minimum atomic E-state index is -1.07. The van der Waals surface area contributed by atoms with Crippen molar-refractivity contribution in [3.63, 3.8) is 0 Å². The Bertz CT molecular complexity index is 1560. The number of aliphatic hydroxyl groups excluding tert-OH is 1. The molecular weight excluding hydrogens is 751 g/mol. The number of halogens is 1. The zero-order valence-electron chi connectivity index (χ0n) is 28.5. The van der Waals surface area contributed by atoms with Crippen molar-refractivity contribution in [2.45, 2.75) is 95.1 Å². The first-order valence-electron chi connectivity index (χ1n) is 17.0. The van der Waals surface area contributed by atoms with Crippen molar-refractivity contribution in [1.29, 1.82) is 0 Å². The molecule has 266 valence electrons. The molecule has 9 nitrogen and oxygen atoms in total. The quantitative estimate of drug-likeness (QED) is 0.141. The monoisotopic (exact) mass is 796 g/mol. The van der Waals surface area contributed by atoms with Gasteiger partial charge >= 0.3 is 0 Å². The second kappa shape index (κ2) is 18.0. The van der Waals surface area contributed by atoms with E-state index in [0.29, 0.717) is 19.0 Å². The van der Waals surface area contributed by atoms with Crippen molar-refractivity contribution >= 4 is 22.6 Å². The first-order valence-corrected chi connectivity index (χ1v) is 18.0. The number of benzene rings is 4. The smallest absolute Gasteiger partial charge is 0.229 e. The van der Waals surface area contributed by atoms with Crippen LogP contribution >= 0.6 is 22.6 Å². The molecule has 1 N–H and O–H groups in total. The van der Waals surface area contributed by atoms with Crippen molar-refractivity contribution in [2.75, 3.05) is 7.11 Å². The van der Waals surface area contributed by atoms with E-state index in [2.05, 4.69) is 22.6 Å². The lowest BCUT2D eigenvalue weighted by molar-refractivity contribution is -0.360. The topological polar surface area (TPSA) is 94.1 Å². The average molecular weight is 797 g/mol. The predicted octanol–water partition coefficient (Wildman–Crippen LogP) is 6.68. The fraction of sp³-hybridized carbons (Fsp3) is 0.400. The molecule has 10 atom stereocenters. The van der Waals surface area contributed by atoms with Crippen LogP contribution < -0.4 is 4.74 Å². The fourth-order valence-electron chi connectivity index (χ4n) is 6.32. The van der Waals surface area contributed by atoms with Crippen molar-refractivity contribution in [3.8, 4) is 5.75 Å². The molecule has 0 aliphatic carbocycles. The standard InChI is InChI=1S/C40H45IO9/c1-26-34(44-23-28-13-7-4-8-14-28)33(42)36(46-25-30-17-11-6-12-18-30)39(47-26)50-37-35(45-24-29-15-9-5-10-16-29)27(2)48-40(38(37)43-3)49-32-21-19-31(41)20-22-32/h4-22,26-27,33-40,42H,23-25H2,1-3H3/t26-,27-,33+,34-,35-,36+,37+,38+,39-,40-/m0/s1. The summed E-state index contributed by atoms with van der Waals surface area (Å²) in [6.45, 7) is 4.67. The molecule has 10 heteroatoms. The van der Waals surface area contributed by atoms with E-state index in [4.69, 9.17) is 37.9 Å². The van der Waals surface area contributed by atoms with Crippen LogP contribution in [0.3, 0.4) is 0 Å². The molecule has 4 aromatic rings. The predicted molar refractivity (Wildman–Crippen MR) is 195 cm³/mol. The lowest BCUT2D eigenvalue weighted by Crippen LogP contribution is -2.65. The third-order valence-corrected chi connectivity index (χ3v) is 9.68. The van der Waals surface area contributed by atoms with E-state index in [-0.39, 0.29) is 6.61 Å². The SMILES string of the molecule is CO[C@H]1[C@H](Oc2ccc(I)cc2)O[C@@H](C)[C@H](OCc2ccccc2)[C@H]1O[C@@H]1O[C@@H](C)[C@H](OCc2ccccc2)[C@@H](O)[C@H]1OCc1ccccc1. The van der Waals surface area contributed by atoms with Gasteiger partial charge in [-0.15, -0.1) is 0 Å². The molecule has 2 heterocycles. The molecule has 2 fully saturated rings. The molecule has 0 saturated carbocycles. The van der Waals surface area contributed by atoms with Crippen LogP contribution in [0.25, 0.3) is 0 Å². The maximum Gasteiger partial charge on any atom is 0.229 e. The van der Waals surface area contributed by atoms with Crippen LogP contribution in [0.2, 0.25) is 0 Å². The molecule has 0 amide bonds. The highest BCUT2D eigenvalue weighted by atomic mass is 127. The minimum absolute atomic E-state index is 0.232. The summed E-state index contributed by atoms with van der Waals surface area (Å²) in [5, 5.41) is 11.9. The summed E-state index contributed by atoms with van der Waals surface area (Å²) < 4.78 is 52.6. The fourth-order valence-corrected chi connectivity index (χ4v) is 6.68. The minimum Gasteiger partial charge on any atom is -0.462 e. The summed E-state index contributed by atoms with van der Waals surface area (Å²) in [5.74, 6) is 0.632. The molecule has 0 bridgehead atoms. The maximum absolute atomic E-state index is 11.9. The molecule has 0 unspecified atom stereocenters. The van der Waals surface area contributed by atoms with E-state index in [0.717, 1.165) is 20.3 Å². The third-order valence-electron chi connectivity index (χ3n) is 8.97. The van der Waals surface area contributed by atoms with Crippen molar-refractivity contribution in [3.05, 3.63) is 136 Å². The molecule has 0 radical (unpaired) electrons. The molecule has 4 aromatic carbocycles. The van der Waals surface area contributed by atoms with Gasteiger partial charge in [-0.3, -0.25) is 0 Å². The Morgan fingerprint density at radius 2 is 1.02 bits per heavy atom. The normalized spacial score (nSPS) is 29.8. The molecule has 2 aliphatic rings. The largest absolute Gasteiger partial charge is 0.462 e. The van der Waals surface area contributed by atoms with E-state index in [1.807, 2.05) is 129 Å². The van der Waals surface area contributed by atoms with Gasteiger partial charge in [0.1, 0.15) is 42.4 Å². The van der Waals surface area contributed by atoms with Crippen LogP contribution in [0.1, 0.15) is 30.5 Å². The third kappa shape index (κ3) is 9.49. The molecule has 0 spiro atoms. The summed E-state index contributed by atoms with van der Waals surface area (Å²) in [6.07, 6.45) is -7.54. The lowest BCUT2D eigenvalue weighted by Gasteiger charge is -2.48. The summed E-state index contributed by atoms with van der Waals surface area (Å²) in [6, 6.07) is 37.3. The summed E-state index contributed by atoms with van der Waals surface area (Å²) in [4.78, 5) is 0. The van der Waals surface area contributed by atoms with E-state index in [1.54, 1.807) is 7.11 Å². The van der Waals surface area contributed by atoms with Crippen LogP contribution in [-0.2, 0) is 53.0 Å². The number of aliphatic hydroxyl groups is 1. The van der Waals surface area contributed by atoms with Crippen molar-refractivity contribution in [1.82, 2.24) is 0 Å². The first-order chi connectivity index (χ1) is 24.4. The second-order valence-electron chi connectivity index (χ2n) is 12.6. The van der Waals surface area contributed by atoms with Crippen LogP contribution in [0.15, 0.2) is 115 Å². The Kier molecular flexibility index (Phi) is 13.3. The number of hydrogen-bond donors (Lipinski definition) is 1. The zero-order valence-corrected chi connectivity index (χ0v) is 30.6. The van der Waals surface area contributed by atoms with Gasteiger partial charge in [-0.1, -0.05) is 91.0 Å². The van der Waals surface area contributed by atoms with Crippen LogP contribution in [0.5, 0.6) is 5.75 Å². The molecule has 6 rings (SSSR count). The van der Waals surface area contributed by atoms with Gasteiger partial charge in [-0.05, 0) is 77.4 Å². The molecule has 50 heavy (non-hydrogen) atoms. The van der Waals surface area contributed by atoms with E-state index in [1.165, 1.54) is 0 Å². The number of methoxy groups -OCH3 is 1. The first kappa shape index (κ1) is 36.9. The van der Waals surface area contributed by atoms with E-state index >= 15 is 0 Å². The average Bonchev–Trinajstić information content (AvgIpc) is 3.13. The summed E-state index contributed by atoms with van der Waals surface area (Å²) >= 11 is 2.25. The molecule has 0 aromatic heterocycles. The van der Waals surface area contributed by atoms with Crippen LogP contribution in [0.4, 0.5) is 0 Å². The molecular formula is C40H45IO9. The number of rotatable bonds is 14. The van der Waals surface area contributed by atoms with Gasteiger partial charge in [0.2, 0.25) is 6.29 Å². The Morgan fingerprint density at radius 1 is 0.560 bits per heavy atom. The van der Waals surface area contributed by atoms with E-state index < -0.39 is 61.4 Å². The maximum atomic E-state index is 11.9. The highest BCUT2D eigenvalue weighted by Crippen LogP contribution is 2.35. The van der Waals surface area contributed by atoms with Gasteiger partial charge < -0.3 is 43.0 Å². The number of ether oxygens (including phenoxy) is 8. The second-order valence-corrected chi connectivity index (χ2v) is 13.8. The number of hydrogen-bond acceptors (Lipinski definition) is 9. The van der Waals surface area contributed by atoms with Gasteiger partial charge in [0.25, 0.3) is 0 Å². The van der Waals surface area contributed by atoms with E-state index in [9.17, 15) is 5.11 Å². The Labute approximate surface area is 307 Å². The zero-order chi connectivity index (χ0) is 34.9.